The Bertz CT molecular complexity index is 639. The van der Waals surface area contributed by atoms with E-state index in [2.05, 4.69) is 10.3 Å². The van der Waals surface area contributed by atoms with E-state index < -0.39 is 40.8 Å². The number of aliphatic carboxylic acids is 3. The van der Waals surface area contributed by atoms with Gasteiger partial charge in [0.2, 0.25) is 0 Å². The second-order valence-electron chi connectivity index (χ2n) is 5.06. The zero-order valence-electron chi connectivity index (χ0n) is 12.8. The third-order valence-electron chi connectivity index (χ3n) is 3.15. The normalized spacial score (nSPS) is 21.8. The van der Waals surface area contributed by atoms with Crippen LogP contribution >= 0.6 is 0 Å². The summed E-state index contributed by atoms with van der Waals surface area (Å²) in [6, 6.07) is -2.15. The minimum absolute atomic E-state index is 0.0366. The van der Waals surface area contributed by atoms with E-state index in [1.807, 2.05) is 0 Å². The molecule has 0 saturated carbocycles. The van der Waals surface area contributed by atoms with Crippen LogP contribution in [0.1, 0.15) is 12.8 Å². The van der Waals surface area contributed by atoms with Gasteiger partial charge >= 0.3 is 17.9 Å². The Labute approximate surface area is 140 Å². The predicted molar refractivity (Wildman–Crippen MR) is 86.4 cm³/mol. The first-order chi connectivity index (χ1) is 11.2. The number of hydrogen-bond acceptors (Lipinski definition) is 6. The molecule has 0 unspecified atom stereocenters. The van der Waals surface area contributed by atoms with Gasteiger partial charge in [-0.1, -0.05) is 0 Å². The molecule has 0 aromatic heterocycles. The van der Waals surface area contributed by atoms with Gasteiger partial charge in [-0.25, -0.2) is 14.4 Å². The van der Waals surface area contributed by atoms with Crippen LogP contribution < -0.4 is 5.32 Å². The Balaban J connectivity index is 2.90. The number of allylic oxidation sites excluding steroid dienone is 2. The highest BCUT2D eigenvalue weighted by Crippen LogP contribution is 2.16. The fraction of sp³-hybridized carbons (Fsp3) is 0.429. The van der Waals surface area contributed by atoms with Crippen molar-refractivity contribution < 1.29 is 33.9 Å². The zero-order valence-corrected chi connectivity index (χ0v) is 13.7. The monoisotopic (exact) mass is 358 g/mol. The molecule has 3 atom stereocenters. The van der Waals surface area contributed by atoms with Gasteiger partial charge in [-0.2, -0.15) is 0 Å². The van der Waals surface area contributed by atoms with Gasteiger partial charge in [0.25, 0.3) is 0 Å². The van der Waals surface area contributed by atoms with Gasteiger partial charge in [0.05, 0.1) is 0 Å². The van der Waals surface area contributed by atoms with Crippen LogP contribution in [-0.2, 0) is 25.2 Å². The van der Waals surface area contributed by atoms with Gasteiger partial charge in [0, 0.05) is 35.4 Å². The summed E-state index contributed by atoms with van der Waals surface area (Å²) in [5, 5.41) is 29.4. The summed E-state index contributed by atoms with van der Waals surface area (Å²) in [4.78, 5) is 37.0. The summed E-state index contributed by atoms with van der Waals surface area (Å²) in [5.74, 6) is -3.46. The lowest BCUT2D eigenvalue weighted by Gasteiger charge is -2.21. The number of carboxylic acids is 3. The third-order valence-corrected chi connectivity index (χ3v) is 3.96. The van der Waals surface area contributed by atoms with E-state index in [1.165, 1.54) is 24.6 Å². The molecule has 4 N–H and O–H groups in total. The Hall–Kier alpha value is -2.49. The number of nitrogens with one attached hydrogen (secondary N) is 1. The maximum atomic E-state index is 11.1. The molecule has 0 radical (unpaired) electrons. The maximum Gasteiger partial charge on any atom is 0.351 e. The first-order valence-electron chi connectivity index (χ1n) is 6.90. The molecule has 0 aromatic carbocycles. The first kappa shape index (κ1) is 19.6. The van der Waals surface area contributed by atoms with Crippen LogP contribution in [-0.4, -0.2) is 67.7 Å². The van der Waals surface area contributed by atoms with Crippen molar-refractivity contribution in [1.82, 2.24) is 5.32 Å². The van der Waals surface area contributed by atoms with E-state index in [1.54, 1.807) is 0 Å². The van der Waals surface area contributed by atoms with E-state index in [0.29, 0.717) is 5.57 Å². The van der Waals surface area contributed by atoms with E-state index in [-0.39, 0.29) is 24.3 Å². The topological polar surface area (TPSA) is 153 Å². The zero-order chi connectivity index (χ0) is 18.3. The summed E-state index contributed by atoms with van der Waals surface area (Å²) < 4.78 is 11.0. The molecule has 1 heterocycles. The Kier molecular flexibility index (Phi) is 7.31. The van der Waals surface area contributed by atoms with Crippen molar-refractivity contribution in [2.45, 2.75) is 24.9 Å². The number of carboxylic acid groups (broad SMARTS) is 3. The highest BCUT2D eigenvalue weighted by Gasteiger charge is 2.26. The van der Waals surface area contributed by atoms with Crippen LogP contribution in [0.3, 0.4) is 0 Å². The third kappa shape index (κ3) is 6.32. The van der Waals surface area contributed by atoms with Crippen LogP contribution in [0.2, 0.25) is 0 Å². The summed E-state index contributed by atoms with van der Waals surface area (Å²) >= 11 is 0. The molecule has 0 bridgehead atoms. The Morgan fingerprint density at radius 1 is 1.42 bits per heavy atom. The Morgan fingerprint density at radius 3 is 2.58 bits per heavy atom. The molecule has 1 rings (SSSR count). The standard InChI is InChI=1S/C14H18N2O7S/c1-24(23)5-3-9(12(17)18)15-4-2-8-6-10(13(19)20)16-11(7-8)14(21)22/h2,4,6,9,11,16H,3,5,7H2,1H3,(H,17,18)(H,19,20)(H,21,22)/b8-2-,15-4?/t9-,11-,24+/m1/s1. The predicted octanol–water partition coefficient (Wildman–Crippen LogP) is -0.380. The van der Waals surface area contributed by atoms with Crippen molar-refractivity contribution in [3.05, 3.63) is 23.4 Å². The van der Waals surface area contributed by atoms with Gasteiger partial charge in [-0.15, -0.1) is 0 Å². The minimum Gasteiger partial charge on any atom is -0.480 e. The number of hydrogen-bond donors (Lipinski definition) is 4. The van der Waals surface area contributed by atoms with Gasteiger partial charge in [-0.3, -0.25) is 9.20 Å². The lowest BCUT2D eigenvalue weighted by Crippen LogP contribution is -2.41. The molecule has 10 heteroatoms. The molecule has 1 aliphatic rings. The number of aliphatic imine (C=N–C) groups is 1. The highest BCUT2D eigenvalue weighted by molar-refractivity contribution is 7.84. The van der Waals surface area contributed by atoms with Crippen molar-refractivity contribution in [3.8, 4) is 0 Å². The van der Waals surface area contributed by atoms with E-state index in [0.717, 1.165) is 0 Å². The van der Waals surface area contributed by atoms with Crippen molar-refractivity contribution in [3.63, 3.8) is 0 Å². The molecule has 0 fully saturated rings. The molecule has 1 aliphatic heterocycles. The second-order valence-corrected chi connectivity index (χ2v) is 6.62. The highest BCUT2D eigenvalue weighted by atomic mass is 32.2. The van der Waals surface area contributed by atoms with Crippen molar-refractivity contribution >= 4 is 34.9 Å². The fourth-order valence-electron chi connectivity index (χ4n) is 1.93. The molecule has 0 spiro atoms. The average Bonchev–Trinajstić information content (AvgIpc) is 2.49. The molecule has 0 aliphatic carbocycles. The van der Waals surface area contributed by atoms with Gasteiger partial charge < -0.3 is 20.6 Å². The fourth-order valence-corrected chi connectivity index (χ4v) is 2.49. The molecule has 132 valence electrons. The second kappa shape index (κ2) is 8.96. The number of carbonyl (C=O) groups is 3. The van der Waals surface area contributed by atoms with Gasteiger partial charge in [0.15, 0.2) is 0 Å². The number of rotatable bonds is 8. The Morgan fingerprint density at radius 2 is 2.08 bits per heavy atom. The summed E-state index contributed by atoms with van der Waals surface area (Å²) in [6.07, 6.45) is 5.45. The SMILES string of the molecule is C[S@](=O)CC[C@@H](N=C/C=C1/C=C(C(=O)O)N[C@@H](C(=O)O)C1)C(=O)O. The lowest BCUT2D eigenvalue weighted by atomic mass is 10.00. The van der Waals surface area contributed by atoms with Crippen LogP contribution in [0.5, 0.6) is 0 Å². The first-order valence-corrected chi connectivity index (χ1v) is 8.63. The van der Waals surface area contributed by atoms with Gasteiger partial charge in [0.1, 0.15) is 17.8 Å². The van der Waals surface area contributed by atoms with Crippen molar-refractivity contribution in [2.24, 2.45) is 4.99 Å². The lowest BCUT2D eigenvalue weighted by molar-refractivity contribution is -0.140. The van der Waals surface area contributed by atoms with Crippen LogP contribution in [0, 0.1) is 0 Å². The average molecular weight is 358 g/mol. The summed E-state index contributed by atoms with van der Waals surface area (Å²) in [6.45, 7) is 0. The van der Waals surface area contributed by atoms with Crippen molar-refractivity contribution in [1.29, 1.82) is 0 Å². The molecular formula is C14H18N2O7S. The molecule has 0 aromatic rings. The number of nitrogens with zero attached hydrogens (tertiary/aromatic N) is 1. The van der Waals surface area contributed by atoms with Crippen LogP contribution in [0.25, 0.3) is 0 Å². The van der Waals surface area contributed by atoms with Crippen molar-refractivity contribution in [2.75, 3.05) is 12.0 Å². The van der Waals surface area contributed by atoms with E-state index in [9.17, 15) is 18.6 Å². The smallest absolute Gasteiger partial charge is 0.351 e. The van der Waals surface area contributed by atoms with Crippen LogP contribution in [0.4, 0.5) is 0 Å². The molecule has 24 heavy (non-hydrogen) atoms. The summed E-state index contributed by atoms with van der Waals surface area (Å²) in [5.41, 5.74) is 0.134. The van der Waals surface area contributed by atoms with E-state index in [4.69, 9.17) is 15.3 Å². The van der Waals surface area contributed by atoms with Gasteiger partial charge in [-0.05, 0) is 24.1 Å². The molecule has 9 nitrogen and oxygen atoms in total. The quantitative estimate of drug-likeness (QED) is 0.428. The van der Waals surface area contributed by atoms with E-state index >= 15 is 0 Å². The summed E-state index contributed by atoms with van der Waals surface area (Å²) in [7, 11) is -1.13. The molecular weight excluding hydrogens is 340 g/mol. The molecule has 0 saturated heterocycles. The largest absolute Gasteiger partial charge is 0.480 e. The van der Waals surface area contributed by atoms with Crippen LogP contribution in [0.15, 0.2) is 28.4 Å². The minimum atomic E-state index is -1.29. The maximum absolute atomic E-state index is 11.1. The molecule has 0 amide bonds.